The molecule has 0 radical (unpaired) electrons. The number of aliphatic imine (C=N–C) groups is 2. The van der Waals surface area contributed by atoms with Crippen molar-refractivity contribution in [2.75, 3.05) is 0 Å². The van der Waals surface area contributed by atoms with E-state index >= 15 is 0 Å². The van der Waals surface area contributed by atoms with Crippen LogP contribution in [-0.2, 0) is 5.41 Å². The van der Waals surface area contributed by atoms with E-state index in [2.05, 4.69) is 30.8 Å². The van der Waals surface area contributed by atoms with Gasteiger partial charge in [-0.2, -0.15) is 20.5 Å². The molecule has 0 saturated carbocycles. The predicted molar refractivity (Wildman–Crippen MR) is 94.1 cm³/mol. The Hall–Kier alpha value is -3.24. The molecule has 0 saturated heterocycles. The van der Waals surface area contributed by atoms with Crippen LogP contribution in [0.1, 0.15) is 48.6 Å². The quantitative estimate of drug-likeness (QED) is 0.590. The summed E-state index contributed by atoms with van der Waals surface area (Å²) in [6.45, 7) is 6.41. The summed E-state index contributed by atoms with van der Waals surface area (Å²) in [7, 11) is 0. The molecular formula is C20H16N4. The van der Waals surface area contributed by atoms with Crippen molar-refractivity contribution in [2.24, 2.45) is 9.98 Å². The number of hydrogen-bond acceptors (Lipinski definition) is 4. The summed E-state index contributed by atoms with van der Waals surface area (Å²) in [4.78, 5) is 8.11. The van der Waals surface area contributed by atoms with Crippen LogP contribution in [0.4, 0.5) is 0 Å². The molecule has 24 heavy (non-hydrogen) atoms. The van der Waals surface area contributed by atoms with E-state index in [9.17, 15) is 0 Å². The molecule has 2 aromatic carbocycles. The minimum Gasteiger partial charge on any atom is -0.172 e. The van der Waals surface area contributed by atoms with Gasteiger partial charge in [-0.25, -0.2) is 0 Å². The topological polar surface area (TPSA) is 72.3 Å². The monoisotopic (exact) mass is 312 g/mol. The molecular weight excluding hydrogens is 296 g/mol. The highest BCUT2D eigenvalue weighted by Gasteiger charge is 2.28. The van der Waals surface area contributed by atoms with Gasteiger partial charge in [0.05, 0.1) is 11.4 Å². The lowest BCUT2D eigenvalue weighted by Crippen LogP contribution is -2.23. The van der Waals surface area contributed by atoms with Crippen LogP contribution >= 0.6 is 0 Å². The second-order valence-electron chi connectivity index (χ2n) is 6.68. The summed E-state index contributed by atoms with van der Waals surface area (Å²) >= 11 is 0. The molecule has 0 aromatic heterocycles. The Morgan fingerprint density at radius 2 is 1.25 bits per heavy atom. The Balaban J connectivity index is 2.38. The van der Waals surface area contributed by atoms with Gasteiger partial charge in [-0.15, -0.1) is 0 Å². The standard InChI is InChI=1S/C20H16N4/c1-20(2,3)13-8-9-16-17(10-13)19(24-12-22)15-7-5-4-6-14(15)18(16)23-11-21/h4-10H,1-3H3. The number of nitriles is 2. The van der Waals surface area contributed by atoms with E-state index in [0.717, 1.165) is 27.8 Å². The number of rotatable bonds is 0. The van der Waals surface area contributed by atoms with Crippen molar-refractivity contribution < 1.29 is 0 Å². The Morgan fingerprint density at radius 1 is 0.750 bits per heavy atom. The second-order valence-corrected chi connectivity index (χ2v) is 6.68. The van der Waals surface area contributed by atoms with Gasteiger partial charge in [0.2, 0.25) is 12.4 Å². The van der Waals surface area contributed by atoms with Gasteiger partial charge < -0.3 is 0 Å². The SMILES string of the molecule is CC(C)(C)c1ccc2c(c1)C(=NC#N)c1ccccc1C2=NC#N. The molecule has 4 nitrogen and oxygen atoms in total. The normalized spacial score (nSPS) is 16.2. The first-order valence-electron chi connectivity index (χ1n) is 7.66. The molecule has 0 unspecified atom stereocenters. The van der Waals surface area contributed by atoms with Crippen molar-refractivity contribution >= 4 is 11.4 Å². The maximum absolute atomic E-state index is 9.15. The first-order chi connectivity index (χ1) is 11.5. The molecule has 0 N–H and O–H groups in total. The van der Waals surface area contributed by atoms with Gasteiger partial charge in [-0.1, -0.05) is 57.2 Å². The van der Waals surface area contributed by atoms with Gasteiger partial charge in [-0.05, 0) is 17.0 Å². The van der Waals surface area contributed by atoms with Crippen LogP contribution in [0.25, 0.3) is 0 Å². The lowest BCUT2D eigenvalue weighted by atomic mass is 9.78. The van der Waals surface area contributed by atoms with Gasteiger partial charge >= 0.3 is 0 Å². The highest BCUT2D eigenvalue weighted by molar-refractivity contribution is 6.32. The average Bonchev–Trinajstić information content (AvgIpc) is 2.56. The number of hydrogen-bond donors (Lipinski definition) is 0. The van der Waals surface area contributed by atoms with E-state index in [1.54, 1.807) is 0 Å². The lowest BCUT2D eigenvalue weighted by molar-refractivity contribution is 0.590. The van der Waals surface area contributed by atoms with Gasteiger partial charge in [0.25, 0.3) is 0 Å². The predicted octanol–water partition coefficient (Wildman–Crippen LogP) is 3.93. The third-order valence-corrected chi connectivity index (χ3v) is 4.16. The van der Waals surface area contributed by atoms with Crippen molar-refractivity contribution in [1.29, 1.82) is 10.5 Å². The molecule has 0 amide bonds. The molecule has 0 spiro atoms. The average molecular weight is 312 g/mol. The number of benzene rings is 2. The van der Waals surface area contributed by atoms with Crippen LogP contribution in [0.5, 0.6) is 0 Å². The summed E-state index contributed by atoms with van der Waals surface area (Å²) in [5.74, 6) is 0. The Morgan fingerprint density at radius 3 is 1.75 bits per heavy atom. The zero-order valence-corrected chi connectivity index (χ0v) is 13.8. The zero-order valence-electron chi connectivity index (χ0n) is 13.8. The third-order valence-electron chi connectivity index (χ3n) is 4.16. The molecule has 0 heterocycles. The third kappa shape index (κ3) is 2.49. The summed E-state index contributed by atoms with van der Waals surface area (Å²) in [5.41, 5.74) is 5.69. The maximum Gasteiger partial charge on any atom is 0.206 e. The van der Waals surface area contributed by atoms with Crippen LogP contribution < -0.4 is 0 Å². The number of nitrogens with zero attached hydrogens (tertiary/aromatic N) is 4. The molecule has 1 aliphatic rings. The van der Waals surface area contributed by atoms with Crippen molar-refractivity contribution in [3.63, 3.8) is 0 Å². The van der Waals surface area contributed by atoms with Crippen LogP contribution in [0, 0.1) is 22.9 Å². The van der Waals surface area contributed by atoms with Gasteiger partial charge in [-0.3, -0.25) is 0 Å². The fourth-order valence-corrected chi connectivity index (χ4v) is 2.94. The van der Waals surface area contributed by atoms with E-state index in [1.807, 2.05) is 54.9 Å². The highest BCUT2D eigenvalue weighted by atomic mass is 14.8. The van der Waals surface area contributed by atoms with Gasteiger partial charge in [0, 0.05) is 22.3 Å². The van der Waals surface area contributed by atoms with Gasteiger partial charge in [0.15, 0.2) is 0 Å². The zero-order chi connectivity index (χ0) is 17.3. The fraction of sp³-hybridized carbons (Fsp3) is 0.200. The Labute approximate surface area is 141 Å². The van der Waals surface area contributed by atoms with E-state index in [-0.39, 0.29) is 5.41 Å². The highest BCUT2D eigenvalue weighted by Crippen LogP contribution is 2.32. The van der Waals surface area contributed by atoms with Crippen LogP contribution in [0.2, 0.25) is 0 Å². The summed E-state index contributed by atoms with van der Waals surface area (Å²) in [6, 6.07) is 13.7. The molecule has 3 rings (SSSR count). The molecule has 0 bridgehead atoms. The Kier molecular flexibility index (Phi) is 3.75. The summed E-state index contributed by atoms with van der Waals surface area (Å²) in [6.07, 6.45) is 3.80. The van der Waals surface area contributed by atoms with E-state index in [1.165, 1.54) is 0 Å². The molecule has 4 heteroatoms. The van der Waals surface area contributed by atoms with E-state index < -0.39 is 0 Å². The smallest absolute Gasteiger partial charge is 0.172 e. The number of fused-ring (bicyclic) bond motifs is 2. The summed E-state index contributed by atoms with van der Waals surface area (Å²) in [5, 5.41) is 18.3. The second kappa shape index (κ2) is 5.76. The van der Waals surface area contributed by atoms with Crippen molar-refractivity contribution in [1.82, 2.24) is 0 Å². The fourth-order valence-electron chi connectivity index (χ4n) is 2.94. The lowest BCUT2D eigenvalue weighted by Gasteiger charge is -2.26. The maximum atomic E-state index is 9.15. The molecule has 0 atom stereocenters. The molecule has 1 aliphatic carbocycles. The largest absolute Gasteiger partial charge is 0.206 e. The van der Waals surface area contributed by atoms with E-state index in [0.29, 0.717) is 11.4 Å². The van der Waals surface area contributed by atoms with Crippen molar-refractivity contribution in [2.45, 2.75) is 26.2 Å². The first-order valence-corrected chi connectivity index (χ1v) is 7.66. The van der Waals surface area contributed by atoms with E-state index in [4.69, 9.17) is 10.5 Å². The molecule has 0 fully saturated rings. The first kappa shape index (κ1) is 15.6. The van der Waals surface area contributed by atoms with Crippen molar-refractivity contribution in [3.8, 4) is 12.4 Å². The molecule has 0 aliphatic heterocycles. The van der Waals surface area contributed by atoms with Crippen LogP contribution in [-0.4, -0.2) is 11.4 Å². The van der Waals surface area contributed by atoms with Crippen molar-refractivity contribution in [3.05, 3.63) is 70.3 Å². The minimum absolute atomic E-state index is 0.0315. The summed E-state index contributed by atoms with van der Waals surface area (Å²) < 4.78 is 0. The van der Waals surface area contributed by atoms with Crippen LogP contribution in [0.3, 0.4) is 0 Å². The Bertz CT molecular complexity index is 960. The van der Waals surface area contributed by atoms with Gasteiger partial charge in [0.1, 0.15) is 0 Å². The minimum atomic E-state index is -0.0315. The molecule has 116 valence electrons. The van der Waals surface area contributed by atoms with Crippen LogP contribution in [0.15, 0.2) is 52.4 Å². The molecule has 2 aromatic rings.